The number of rotatable bonds is 3. The van der Waals surface area contributed by atoms with Crippen molar-refractivity contribution in [1.82, 2.24) is 9.97 Å². The van der Waals surface area contributed by atoms with Crippen molar-refractivity contribution >= 4 is 11.0 Å². The molecule has 0 spiro atoms. The molecular formula is C10H13N3O. The maximum atomic E-state index is 5.49. The minimum Gasteiger partial charge on any atom is -0.494 e. The third-order valence-corrected chi connectivity index (χ3v) is 2.01. The van der Waals surface area contributed by atoms with Crippen LogP contribution in [0.3, 0.4) is 0 Å². The highest BCUT2D eigenvalue weighted by atomic mass is 16.5. The number of aromatic nitrogens is 2. The fourth-order valence-corrected chi connectivity index (χ4v) is 1.39. The average Bonchev–Trinajstić information content (AvgIpc) is 2.60. The summed E-state index contributed by atoms with van der Waals surface area (Å²) in [4.78, 5) is 7.42. The van der Waals surface area contributed by atoms with E-state index in [1.54, 1.807) is 0 Å². The van der Waals surface area contributed by atoms with Crippen molar-refractivity contribution < 1.29 is 4.74 Å². The predicted octanol–water partition coefficient (Wildman–Crippen LogP) is 1.42. The van der Waals surface area contributed by atoms with Gasteiger partial charge in [0.15, 0.2) is 0 Å². The molecule has 2 aromatic rings. The first-order chi connectivity index (χ1) is 6.83. The molecule has 1 aromatic heterocycles. The van der Waals surface area contributed by atoms with E-state index < -0.39 is 0 Å². The fourth-order valence-electron chi connectivity index (χ4n) is 1.39. The van der Waals surface area contributed by atoms with E-state index in [0.29, 0.717) is 13.2 Å². The van der Waals surface area contributed by atoms with E-state index in [0.717, 1.165) is 22.6 Å². The van der Waals surface area contributed by atoms with Crippen LogP contribution in [-0.2, 0) is 6.54 Å². The standard InChI is InChI=1S/C10H13N3O/c1-2-14-7-3-4-8-9(5-7)13-10(6-11)12-8/h3-5H,2,6,11H2,1H3,(H,12,13). The summed E-state index contributed by atoms with van der Waals surface area (Å²) in [6.07, 6.45) is 0. The van der Waals surface area contributed by atoms with Crippen LogP contribution in [0.1, 0.15) is 12.7 Å². The first-order valence-electron chi connectivity index (χ1n) is 4.65. The van der Waals surface area contributed by atoms with E-state index in [4.69, 9.17) is 10.5 Å². The van der Waals surface area contributed by atoms with Gasteiger partial charge in [0.2, 0.25) is 0 Å². The quantitative estimate of drug-likeness (QED) is 0.771. The maximum Gasteiger partial charge on any atom is 0.121 e. The number of nitrogens with one attached hydrogen (secondary N) is 1. The molecular weight excluding hydrogens is 178 g/mol. The van der Waals surface area contributed by atoms with Gasteiger partial charge in [0.25, 0.3) is 0 Å². The molecule has 0 unspecified atom stereocenters. The number of H-pyrrole nitrogens is 1. The van der Waals surface area contributed by atoms with Crippen LogP contribution in [0.4, 0.5) is 0 Å². The monoisotopic (exact) mass is 191 g/mol. The topological polar surface area (TPSA) is 63.9 Å². The van der Waals surface area contributed by atoms with E-state index in [1.165, 1.54) is 0 Å². The summed E-state index contributed by atoms with van der Waals surface area (Å²) in [6, 6.07) is 5.77. The Morgan fingerprint density at radius 3 is 3.07 bits per heavy atom. The molecule has 0 aliphatic rings. The highest BCUT2D eigenvalue weighted by Crippen LogP contribution is 2.18. The second kappa shape index (κ2) is 3.67. The summed E-state index contributed by atoms with van der Waals surface area (Å²) in [6.45, 7) is 3.06. The van der Waals surface area contributed by atoms with Gasteiger partial charge in [0.05, 0.1) is 24.2 Å². The summed E-state index contributed by atoms with van der Waals surface area (Å²) in [5.74, 6) is 1.65. The van der Waals surface area contributed by atoms with Crippen molar-refractivity contribution in [2.75, 3.05) is 6.61 Å². The first kappa shape index (κ1) is 9.02. The smallest absolute Gasteiger partial charge is 0.121 e. The number of nitrogens with zero attached hydrogens (tertiary/aromatic N) is 1. The van der Waals surface area contributed by atoms with Crippen molar-refractivity contribution in [2.45, 2.75) is 13.5 Å². The number of ether oxygens (including phenoxy) is 1. The van der Waals surface area contributed by atoms with Gasteiger partial charge in [-0.3, -0.25) is 0 Å². The molecule has 14 heavy (non-hydrogen) atoms. The Bertz CT molecular complexity index is 436. The van der Waals surface area contributed by atoms with Gasteiger partial charge in [0.1, 0.15) is 11.6 Å². The predicted molar refractivity (Wildman–Crippen MR) is 55.2 cm³/mol. The molecule has 0 radical (unpaired) electrons. The zero-order valence-electron chi connectivity index (χ0n) is 8.08. The Morgan fingerprint density at radius 2 is 2.36 bits per heavy atom. The summed E-state index contributed by atoms with van der Waals surface area (Å²) < 4.78 is 5.38. The number of hydrogen-bond acceptors (Lipinski definition) is 3. The number of aromatic amines is 1. The van der Waals surface area contributed by atoms with E-state index in [-0.39, 0.29) is 0 Å². The second-order valence-corrected chi connectivity index (χ2v) is 3.00. The van der Waals surface area contributed by atoms with E-state index >= 15 is 0 Å². The van der Waals surface area contributed by atoms with Crippen molar-refractivity contribution in [3.8, 4) is 5.75 Å². The largest absolute Gasteiger partial charge is 0.494 e. The third kappa shape index (κ3) is 1.56. The Labute approximate surface area is 82.1 Å². The number of nitrogens with two attached hydrogens (primary N) is 1. The Morgan fingerprint density at radius 1 is 1.50 bits per heavy atom. The van der Waals surface area contributed by atoms with Gasteiger partial charge >= 0.3 is 0 Å². The van der Waals surface area contributed by atoms with Crippen LogP contribution in [-0.4, -0.2) is 16.6 Å². The summed E-state index contributed by atoms with van der Waals surface area (Å²) >= 11 is 0. The van der Waals surface area contributed by atoms with Crippen molar-refractivity contribution in [1.29, 1.82) is 0 Å². The van der Waals surface area contributed by atoms with Crippen LogP contribution in [0.2, 0.25) is 0 Å². The van der Waals surface area contributed by atoms with Gasteiger partial charge in [-0.25, -0.2) is 4.98 Å². The molecule has 0 bridgehead atoms. The van der Waals surface area contributed by atoms with Crippen molar-refractivity contribution in [3.63, 3.8) is 0 Å². The van der Waals surface area contributed by atoms with E-state index in [2.05, 4.69) is 9.97 Å². The van der Waals surface area contributed by atoms with E-state index in [9.17, 15) is 0 Å². The minimum atomic E-state index is 0.429. The molecule has 0 fully saturated rings. The molecule has 4 heteroatoms. The van der Waals surface area contributed by atoms with Gasteiger partial charge in [-0.1, -0.05) is 0 Å². The van der Waals surface area contributed by atoms with Crippen molar-refractivity contribution in [2.24, 2.45) is 5.73 Å². The molecule has 2 rings (SSSR count). The molecule has 0 aliphatic carbocycles. The van der Waals surface area contributed by atoms with Gasteiger partial charge < -0.3 is 15.5 Å². The lowest BCUT2D eigenvalue weighted by molar-refractivity contribution is 0.340. The Kier molecular flexibility index (Phi) is 2.37. The number of hydrogen-bond donors (Lipinski definition) is 2. The average molecular weight is 191 g/mol. The summed E-state index contributed by atoms with van der Waals surface area (Å²) in [7, 11) is 0. The molecule has 1 aromatic carbocycles. The highest BCUT2D eigenvalue weighted by Gasteiger charge is 2.02. The third-order valence-electron chi connectivity index (χ3n) is 2.01. The number of imidazole rings is 1. The lowest BCUT2D eigenvalue weighted by Gasteiger charge is -2.00. The van der Waals surface area contributed by atoms with Crippen molar-refractivity contribution in [3.05, 3.63) is 24.0 Å². The molecule has 1 heterocycles. The lowest BCUT2D eigenvalue weighted by atomic mass is 10.3. The van der Waals surface area contributed by atoms with Gasteiger partial charge in [0, 0.05) is 6.07 Å². The normalized spacial score (nSPS) is 10.7. The zero-order chi connectivity index (χ0) is 9.97. The van der Waals surface area contributed by atoms with Gasteiger partial charge in [-0.2, -0.15) is 0 Å². The molecule has 0 saturated carbocycles. The summed E-state index contributed by atoms with van der Waals surface area (Å²) in [5, 5.41) is 0. The SMILES string of the molecule is CCOc1ccc2nc(CN)[nH]c2c1. The van der Waals surface area contributed by atoms with Crippen LogP contribution >= 0.6 is 0 Å². The number of benzene rings is 1. The van der Waals surface area contributed by atoms with Crippen LogP contribution in [0, 0.1) is 0 Å². The molecule has 0 amide bonds. The van der Waals surface area contributed by atoms with Crippen LogP contribution < -0.4 is 10.5 Å². The summed E-state index contributed by atoms with van der Waals surface area (Å²) in [5.41, 5.74) is 7.38. The molecule has 4 nitrogen and oxygen atoms in total. The fraction of sp³-hybridized carbons (Fsp3) is 0.300. The molecule has 0 saturated heterocycles. The molecule has 74 valence electrons. The Hall–Kier alpha value is -1.55. The van der Waals surface area contributed by atoms with Crippen LogP contribution in [0.15, 0.2) is 18.2 Å². The molecule has 3 N–H and O–H groups in total. The zero-order valence-corrected chi connectivity index (χ0v) is 8.08. The molecule has 0 atom stereocenters. The maximum absolute atomic E-state index is 5.49. The molecule has 0 aliphatic heterocycles. The highest BCUT2D eigenvalue weighted by molar-refractivity contribution is 5.76. The van der Waals surface area contributed by atoms with Gasteiger partial charge in [-0.15, -0.1) is 0 Å². The van der Waals surface area contributed by atoms with Crippen LogP contribution in [0.5, 0.6) is 5.75 Å². The lowest BCUT2D eigenvalue weighted by Crippen LogP contribution is -1.97. The van der Waals surface area contributed by atoms with Crippen LogP contribution in [0.25, 0.3) is 11.0 Å². The van der Waals surface area contributed by atoms with E-state index in [1.807, 2.05) is 25.1 Å². The Balaban J connectivity index is 2.43. The number of fused-ring (bicyclic) bond motifs is 1. The van der Waals surface area contributed by atoms with Gasteiger partial charge in [-0.05, 0) is 19.1 Å². The second-order valence-electron chi connectivity index (χ2n) is 3.00. The minimum absolute atomic E-state index is 0.429. The first-order valence-corrected chi connectivity index (χ1v) is 4.65.